The molecule has 1 aromatic carbocycles. The van der Waals surface area contributed by atoms with E-state index in [4.69, 9.17) is 58.0 Å². The van der Waals surface area contributed by atoms with Gasteiger partial charge in [-0.3, -0.25) is 0 Å². The molecule has 0 aliphatic heterocycles. The molecule has 1 rings (SSSR count). The van der Waals surface area contributed by atoms with Crippen LogP contribution in [0.2, 0.25) is 25.1 Å². The maximum atomic E-state index is 5.85. The highest BCUT2D eigenvalue weighted by Crippen LogP contribution is 2.48. The molecule has 0 aliphatic carbocycles. The molecule has 7 heteroatoms. The van der Waals surface area contributed by atoms with E-state index in [1.165, 1.54) is 0 Å². The Kier molecular flexibility index (Phi) is 4.72. The van der Waals surface area contributed by atoms with Crippen LogP contribution in [0.1, 0.15) is 0 Å². The van der Waals surface area contributed by atoms with Crippen molar-refractivity contribution in [3.8, 4) is 0 Å². The van der Waals surface area contributed by atoms with Gasteiger partial charge in [0.1, 0.15) is 0 Å². The smallest absolute Gasteiger partial charge is 0.0809 e. The molecule has 0 unspecified atom stereocenters. The van der Waals surface area contributed by atoms with E-state index >= 15 is 0 Å². The molecular formula is C6HCl5S2. The lowest BCUT2D eigenvalue weighted by molar-refractivity contribution is 1.47. The van der Waals surface area contributed by atoms with Crippen molar-refractivity contribution in [2.24, 2.45) is 0 Å². The minimum atomic E-state index is 0.157. The standard InChI is InChI=1S/C6HCl5S2/c7-1-2(8)4(10)6(13-12)5(11)3(1)9/h12H. The Hall–Kier alpha value is 1.37. The molecule has 0 heterocycles. The number of hydrogen-bond acceptors (Lipinski definition) is 2. The van der Waals surface area contributed by atoms with Crippen molar-refractivity contribution in [3.05, 3.63) is 25.1 Å². The Morgan fingerprint density at radius 2 is 1.00 bits per heavy atom. The van der Waals surface area contributed by atoms with Crippen molar-refractivity contribution in [2.45, 2.75) is 4.90 Å². The highest BCUT2D eigenvalue weighted by Gasteiger charge is 2.18. The fraction of sp³-hybridized carbons (Fsp3) is 0. The van der Waals surface area contributed by atoms with E-state index in [0.29, 0.717) is 4.90 Å². The second kappa shape index (κ2) is 4.93. The number of benzene rings is 1. The first kappa shape index (κ1) is 12.4. The summed E-state index contributed by atoms with van der Waals surface area (Å²) in [5, 5.41) is 1.06. The van der Waals surface area contributed by atoms with Crippen LogP contribution in [-0.4, -0.2) is 0 Å². The molecule has 0 saturated carbocycles. The second-order valence-corrected chi connectivity index (χ2v) is 5.02. The number of hydrogen-bond donors (Lipinski definition) is 1. The van der Waals surface area contributed by atoms with Crippen LogP contribution < -0.4 is 0 Å². The van der Waals surface area contributed by atoms with Crippen molar-refractivity contribution in [1.29, 1.82) is 0 Å². The largest absolute Gasteiger partial charge is 0.106 e. The second-order valence-electron chi connectivity index (χ2n) is 1.99. The van der Waals surface area contributed by atoms with E-state index in [0.717, 1.165) is 10.8 Å². The first-order chi connectivity index (χ1) is 6.00. The van der Waals surface area contributed by atoms with E-state index < -0.39 is 0 Å². The minimum Gasteiger partial charge on any atom is -0.106 e. The Morgan fingerprint density at radius 3 is 1.31 bits per heavy atom. The zero-order chi connectivity index (χ0) is 10.2. The van der Waals surface area contributed by atoms with Crippen LogP contribution in [-0.2, 0) is 0 Å². The van der Waals surface area contributed by atoms with Gasteiger partial charge in [-0.25, -0.2) is 0 Å². The van der Waals surface area contributed by atoms with E-state index in [-0.39, 0.29) is 25.1 Å². The summed E-state index contributed by atoms with van der Waals surface area (Å²) in [6, 6.07) is 0. The van der Waals surface area contributed by atoms with E-state index in [9.17, 15) is 0 Å². The SMILES string of the molecule is SSc1c(Cl)c(Cl)c(Cl)c(Cl)c1Cl. The first-order valence-electron chi connectivity index (χ1n) is 2.83. The van der Waals surface area contributed by atoms with Crippen molar-refractivity contribution >= 4 is 80.5 Å². The van der Waals surface area contributed by atoms with Gasteiger partial charge < -0.3 is 0 Å². The predicted molar refractivity (Wildman–Crippen MR) is 66.3 cm³/mol. The minimum absolute atomic E-state index is 0.157. The van der Waals surface area contributed by atoms with Crippen molar-refractivity contribution in [1.82, 2.24) is 0 Å². The number of rotatable bonds is 1. The summed E-state index contributed by atoms with van der Waals surface area (Å²) < 4.78 is 0. The average molecular weight is 314 g/mol. The molecular weight excluding hydrogens is 313 g/mol. The van der Waals surface area contributed by atoms with Gasteiger partial charge in [0.15, 0.2) is 0 Å². The topological polar surface area (TPSA) is 0 Å². The highest BCUT2D eigenvalue weighted by molar-refractivity contribution is 8.68. The molecule has 0 aliphatic rings. The summed E-state index contributed by atoms with van der Waals surface area (Å²) in [5.41, 5.74) is 0. The molecule has 0 nitrogen and oxygen atoms in total. The quantitative estimate of drug-likeness (QED) is 0.292. The first-order valence-corrected chi connectivity index (χ1v) is 6.59. The summed E-state index contributed by atoms with van der Waals surface area (Å²) in [4.78, 5) is 0.506. The zero-order valence-electron chi connectivity index (χ0n) is 5.75. The summed E-state index contributed by atoms with van der Waals surface area (Å²) in [5.74, 6) is 0. The van der Waals surface area contributed by atoms with Crippen LogP contribution in [0, 0.1) is 0 Å². The molecule has 0 radical (unpaired) electrons. The van der Waals surface area contributed by atoms with Crippen LogP contribution in [0.25, 0.3) is 0 Å². The fourth-order valence-corrected chi connectivity index (χ4v) is 3.38. The average Bonchev–Trinajstić information content (AvgIpc) is 2.13. The normalized spacial score (nSPS) is 10.6. The molecule has 13 heavy (non-hydrogen) atoms. The van der Waals surface area contributed by atoms with Crippen LogP contribution in [0.5, 0.6) is 0 Å². The number of thiol groups is 1. The van der Waals surface area contributed by atoms with Gasteiger partial charge in [-0.15, -0.1) is 11.7 Å². The molecule has 0 aromatic heterocycles. The molecule has 0 amide bonds. The third-order valence-electron chi connectivity index (χ3n) is 1.26. The maximum absolute atomic E-state index is 5.85. The van der Waals surface area contributed by atoms with Gasteiger partial charge in [0.25, 0.3) is 0 Å². The van der Waals surface area contributed by atoms with Crippen molar-refractivity contribution in [2.75, 3.05) is 0 Å². The van der Waals surface area contributed by atoms with E-state index in [1.807, 2.05) is 0 Å². The summed E-state index contributed by atoms with van der Waals surface area (Å²) in [6.07, 6.45) is 0. The fourth-order valence-electron chi connectivity index (χ4n) is 0.665. The molecule has 0 atom stereocenters. The van der Waals surface area contributed by atoms with Crippen LogP contribution >= 0.6 is 80.5 Å². The van der Waals surface area contributed by atoms with Gasteiger partial charge in [-0.1, -0.05) is 68.8 Å². The van der Waals surface area contributed by atoms with Gasteiger partial charge in [-0.05, 0) is 0 Å². The molecule has 0 N–H and O–H groups in total. The van der Waals surface area contributed by atoms with Gasteiger partial charge in [0.05, 0.1) is 30.0 Å². The van der Waals surface area contributed by atoms with Crippen LogP contribution in [0.15, 0.2) is 4.90 Å². The number of halogens is 5. The summed E-state index contributed by atoms with van der Waals surface area (Å²) in [6.45, 7) is 0. The van der Waals surface area contributed by atoms with Crippen molar-refractivity contribution in [3.63, 3.8) is 0 Å². The monoisotopic (exact) mass is 312 g/mol. The molecule has 0 bridgehead atoms. The lowest BCUT2D eigenvalue weighted by Crippen LogP contribution is -1.81. The Balaban J connectivity index is 3.56. The lowest BCUT2D eigenvalue weighted by Gasteiger charge is -2.08. The van der Waals surface area contributed by atoms with Gasteiger partial charge >= 0.3 is 0 Å². The van der Waals surface area contributed by atoms with Gasteiger partial charge in [-0.2, -0.15) is 0 Å². The van der Waals surface area contributed by atoms with Crippen LogP contribution in [0.3, 0.4) is 0 Å². The predicted octanol–water partition coefficient (Wildman–Crippen LogP) is 5.89. The molecule has 1 aromatic rings. The summed E-state index contributed by atoms with van der Waals surface area (Å²) in [7, 11) is 1.06. The third kappa shape index (κ3) is 2.31. The van der Waals surface area contributed by atoms with Crippen LogP contribution in [0.4, 0.5) is 0 Å². The van der Waals surface area contributed by atoms with E-state index in [2.05, 4.69) is 11.7 Å². The lowest BCUT2D eigenvalue weighted by atomic mass is 10.3. The van der Waals surface area contributed by atoms with E-state index in [1.54, 1.807) is 0 Å². The molecule has 72 valence electrons. The maximum Gasteiger partial charge on any atom is 0.0809 e. The zero-order valence-corrected chi connectivity index (χ0v) is 11.2. The van der Waals surface area contributed by atoms with Gasteiger partial charge in [0, 0.05) is 0 Å². The van der Waals surface area contributed by atoms with Gasteiger partial charge in [0.2, 0.25) is 0 Å². The Morgan fingerprint density at radius 1 is 0.692 bits per heavy atom. The molecule has 0 spiro atoms. The third-order valence-corrected chi connectivity index (χ3v) is 4.90. The Bertz CT molecular complexity index is 322. The Labute approximate surface area is 110 Å². The van der Waals surface area contributed by atoms with Crippen molar-refractivity contribution < 1.29 is 0 Å². The summed E-state index contributed by atoms with van der Waals surface area (Å²) >= 11 is 33.0. The molecule has 0 saturated heterocycles. The molecule has 0 fully saturated rings. The highest BCUT2D eigenvalue weighted by atomic mass is 35.5.